The minimum absolute atomic E-state index is 0.771. The van der Waals surface area contributed by atoms with E-state index in [1.54, 1.807) is 6.21 Å². The standard InChI is InChI=1S/C5H10N4/c1-2-8-9-5-6-3-4-7-5/h2H,3-4H2,1H3,(H2,6,7,9)/b8-2+. The fourth-order valence-corrected chi connectivity index (χ4v) is 0.598. The van der Waals surface area contributed by atoms with Gasteiger partial charge in [-0.05, 0) is 6.92 Å². The molecule has 0 unspecified atom stereocenters. The Morgan fingerprint density at radius 3 is 3.33 bits per heavy atom. The number of hydrazone groups is 1. The van der Waals surface area contributed by atoms with E-state index in [0.29, 0.717) is 0 Å². The second-order valence-electron chi connectivity index (χ2n) is 1.66. The van der Waals surface area contributed by atoms with Gasteiger partial charge in [0.1, 0.15) is 0 Å². The number of nitrogens with one attached hydrogen (secondary N) is 2. The number of rotatable bonds is 1. The SMILES string of the molecule is C/C=N/NC1=NCCN1. The van der Waals surface area contributed by atoms with Gasteiger partial charge < -0.3 is 5.32 Å². The van der Waals surface area contributed by atoms with Crippen molar-refractivity contribution in [3.8, 4) is 0 Å². The van der Waals surface area contributed by atoms with Crippen LogP contribution in [0.15, 0.2) is 10.1 Å². The molecular weight excluding hydrogens is 116 g/mol. The number of nitrogens with zero attached hydrogens (tertiary/aromatic N) is 2. The maximum Gasteiger partial charge on any atom is 0.212 e. The molecule has 0 atom stereocenters. The predicted molar refractivity (Wildman–Crippen MR) is 37.6 cm³/mol. The fraction of sp³-hybridized carbons (Fsp3) is 0.600. The average Bonchev–Trinajstić information content (AvgIpc) is 2.34. The average molecular weight is 126 g/mol. The number of hydrogen-bond acceptors (Lipinski definition) is 4. The minimum Gasteiger partial charge on any atom is -0.353 e. The molecule has 0 saturated heterocycles. The van der Waals surface area contributed by atoms with Crippen LogP contribution in [0.1, 0.15) is 6.92 Å². The van der Waals surface area contributed by atoms with Gasteiger partial charge in [-0.1, -0.05) is 0 Å². The molecule has 4 heteroatoms. The lowest BCUT2D eigenvalue weighted by Gasteiger charge is -1.96. The molecule has 0 aromatic heterocycles. The highest BCUT2D eigenvalue weighted by Crippen LogP contribution is 1.79. The van der Waals surface area contributed by atoms with Gasteiger partial charge in [-0.2, -0.15) is 5.10 Å². The van der Waals surface area contributed by atoms with Crippen molar-refractivity contribution >= 4 is 12.2 Å². The normalized spacial score (nSPS) is 17.7. The van der Waals surface area contributed by atoms with E-state index in [0.717, 1.165) is 19.0 Å². The second kappa shape index (κ2) is 3.06. The van der Waals surface area contributed by atoms with Crippen LogP contribution in [0.3, 0.4) is 0 Å². The zero-order valence-corrected chi connectivity index (χ0v) is 5.39. The first kappa shape index (κ1) is 6.07. The summed E-state index contributed by atoms with van der Waals surface area (Å²) in [6, 6.07) is 0. The summed E-state index contributed by atoms with van der Waals surface area (Å²) >= 11 is 0. The van der Waals surface area contributed by atoms with Gasteiger partial charge in [0.2, 0.25) is 5.96 Å². The molecule has 1 heterocycles. The Kier molecular flexibility index (Phi) is 2.06. The first-order chi connectivity index (χ1) is 4.43. The zero-order valence-electron chi connectivity index (χ0n) is 5.39. The maximum absolute atomic E-state index is 4.05. The van der Waals surface area contributed by atoms with Gasteiger partial charge in [0.25, 0.3) is 0 Å². The van der Waals surface area contributed by atoms with Crippen molar-refractivity contribution in [2.24, 2.45) is 10.1 Å². The number of hydrogen-bond donors (Lipinski definition) is 2. The highest BCUT2D eigenvalue weighted by molar-refractivity contribution is 5.81. The summed E-state index contributed by atoms with van der Waals surface area (Å²) in [5, 5.41) is 6.80. The van der Waals surface area contributed by atoms with Crippen LogP contribution in [0, 0.1) is 0 Å². The van der Waals surface area contributed by atoms with Crippen LogP contribution in [-0.2, 0) is 0 Å². The van der Waals surface area contributed by atoms with Crippen LogP contribution in [-0.4, -0.2) is 25.3 Å². The van der Waals surface area contributed by atoms with Crippen LogP contribution < -0.4 is 10.7 Å². The van der Waals surface area contributed by atoms with Crippen molar-refractivity contribution in [1.82, 2.24) is 10.7 Å². The summed E-state index contributed by atoms with van der Waals surface area (Å²) in [6.45, 7) is 3.62. The monoisotopic (exact) mass is 126 g/mol. The summed E-state index contributed by atoms with van der Waals surface area (Å²) < 4.78 is 0. The van der Waals surface area contributed by atoms with Gasteiger partial charge in [0, 0.05) is 12.8 Å². The smallest absolute Gasteiger partial charge is 0.212 e. The van der Waals surface area contributed by atoms with Crippen LogP contribution >= 0.6 is 0 Å². The van der Waals surface area contributed by atoms with Gasteiger partial charge in [-0.15, -0.1) is 0 Å². The van der Waals surface area contributed by atoms with E-state index in [1.165, 1.54) is 0 Å². The molecule has 0 aromatic rings. The Balaban J connectivity index is 2.26. The third kappa shape index (κ3) is 1.71. The van der Waals surface area contributed by atoms with Crippen molar-refractivity contribution in [2.45, 2.75) is 6.92 Å². The molecule has 9 heavy (non-hydrogen) atoms. The first-order valence-corrected chi connectivity index (χ1v) is 2.95. The van der Waals surface area contributed by atoms with E-state index < -0.39 is 0 Å². The summed E-state index contributed by atoms with van der Waals surface area (Å²) in [5.74, 6) is 0.771. The molecule has 0 saturated carbocycles. The lowest BCUT2D eigenvalue weighted by atomic mass is 10.7. The minimum atomic E-state index is 0.771. The van der Waals surface area contributed by atoms with E-state index in [-0.39, 0.29) is 0 Å². The Bertz CT molecular complexity index is 138. The lowest BCUT2D eigenvalue weighted by Crippen LogP contribution is -2.29. The molecule has 1 rings (SSSR count). The lowest BCUT2D eigenvalue weighted by molar-refractivity contribution is 0.919. The highest BCUT2D eigenvalue weighted by Gasteiger charge is 2.00. The molecule has 0 radical (unpaired) electrons. The summed E-state index contributed by atoms with van der Waals surface area (Å²) in [4.78, 5) is 4.05. The molecule has 2 N–H and O–H groups in total. The molecule has 50 valence electrons. The number of guanidine groups is 1. The Hall–Kier alpha value is -1.06. The quantitative estimate of drug-likeness (QED) is 0.369. The third-order valence-electron chi connectivity index (χ3n) is 0.974. The maximum atomic E-state index is 4.05. The third-order valence-corrected chi connectivity index (χ3v) is 0.974. The molecular formula is C5H10N4. The molecule has 4 nitrogen and oxygen atoms in total. The van der Waals surface area contributed by atoms with E-state index >= 15 is 0 Å². The molecule has 0 amide bonds. The molecule has 0 spiro atoms. The van der Waals surface area contributed by atoms with E-state index in [4.69, 9.17) is 0 Å². The Labute approximate surface area is 54.1 Å². The van der Waals surface area contributed by atoms with Crippen LogP contribution in [0.5, 0.6) is 0 Å². The largest absolute Gasteiger partial charge is 0.353 e. The van der Waals surface area contributed by atoms with Crippen molar-refractivity contribution in [2.75, 3.05) is 13.1 Å². The highest BCUT2D eigenvalue weighted by atomic mass is 15.4. The molecule has 1 aliphatic heterocycles. The summed E-state index contributed by atoms with van der Waals surface area (Å²) in [6.07, 6.45) is 1.68. The topological polar surface area (TPSA) is 48.8 Å². The van der Waals surface area contributed by atoms with Crippen LogP contribution in [0.4, 0.5) is 0 Å². The second-order valence-corrected chi connectivity index (χ2v) is 1.66. The fourth-order valence-electron chi connectivity index (χ4n) is 0.598. The van der Waals surface area contributed by atoms with Crippen LogP contribution in [0.2, 0.25) is 0 Å². The molecule has 0 fully saturated rings. The van der Waals surface area contributed by atoms with Gasteiger partial charge in [0.05, 0.1) is 6.54 Å². The summed E-state index contributed by atoms with van der Waals surface area (Å²) in [5.41, 5.74) is 2.74. The van der Waals surface area contributed by atoms with Crippen molar-refractivity contribution in [1.29, 1.82) is 0 Å². The predicted octanol–water partition coefficient (Wildman–Crippen LogP) is -0.459. The molecule has 1 aliphatic rings. The van der Waals surface area contributed by atoms with Crippen molar-refractivity contribution < 1.29 is 0 Å². The van der Waals surface area contributed by atoms with E-state index in [1.807, 2.05) is 6.92 Å². The summed E-state index contributed by atoms with van der Waals surface area (Å²) in [7, 11) is 0. The molecule has 0 aromatic carbocycles. The first-order valence-electron chi connectivity index (χ1n) is 2.95. The van der Waals surface area contributed by atoms with Gasteiger partial charge in [-0.3, -0.25) is 0 Å². The van der Waals surface area contributed by atoms with Crippen molar-refractivity contribution in [3.63, 3.8) is 0 Å². The van der Waals surface area contributed by atoms with Gasteiger partial charge >= 0.3 is 0 Å². The van der Waals surface area contributed by atoms with Gasteiger partial charge in [-0.25, -0.2) is 10.4 Å². The molecule has 0 aliphatic carbocycles. The zero-order chi connectivity index (χ0) is 6.53. The van der Waals surface area contributed by atoms with Gasteiger partial charge in [0.15, 0.2) is 0 Å². The van der Waals surface area contributed by atoms with E-state index in [2.05, 4.69) is 20.8 Å². The Morgan fingerprint density at radius 1 is 1.89 bits per heavy atom. The molecule has 0 bridgehead atoms. The van der Waals surface area contributed by atoms with E-state index in [9.17, 15) is 0 Å². The number of aliphatic imine (C=N–C) groups is 1. The van der Waals surface area contributed by atoms with Crippen LogP contribution in [0.25, 0.3) is 0 Å². The van der Waals surface area contributed by atoms with Crippen molar-refractivity contribution in [3.05, 3.63) is 0 Å². The Morgan fingerprint density at radius 2 is 2.78 bits per heavy atom.